The monoisotopic (exact) mass is 323 g/mol. The zero-order chi connectivity index (χ0) is 15.2. The van der Waals surface area contributed by atoms with Crippen molar-refractivity contribution >= 4 is 34.9 Å². The van der Waals surface area contributed by atoms with Crippen molar-refractivity contribution in [3.05, 3.63) is 63.6 Å². The van der Waals surface area contributed by atoms with Gasteiger partial charge in [-0.15, -0.1) is 0 Å². The Morgan fingerprint density at radius 3 is 2.48 bits per heavy atom. The minimum absolute atomic E-state index is 0.253. The van der Waals surface area contributed by atoms with Gasteiger partial charge < -0.3 is 10.1 Å². The first-order valence-corrected chi connectivity index (χ1v) is 7.18. The summed E-state index contributed by atoms with van der Waals surface area (Å²) < 4.78 is 4.71. The highest BCUT2D eigenvalue weighted by Crippen LogP contribution is 2.25. The van der Waals surface area contributed by atoms with Crippen LogP contribution in [-0.4, -0.2) is 13.1 Å². The van der Waals surface area contributed by atoms with E-state index in [9.17, 15) is 4.79 Å². The average molecular weight is 324 g/mol. The molecule has 0 amide bonds. The van der Waals surface area contributed by atoms with Gasteiger partial charge in [-0.1, -0.05) is 47.5 Å². The Kier molecular flexibility index (Phi) is 5.48. The van der Waals surface area contributed by atoms with Gasteiger partial charge in [0.05, 0.1) is 23.6 Å². The van der Waals surface area contributed by atoms with Gasteiger partial charge in [-0.25, -0.2) is 0 Å². The fraction of sp³-hybridized carbons (Fsp3) is 0.188. The largest absolute Gasteiger partial charge is 0.469 e. The number of hydrogen-bond donors (Lipinski definition) is 1. The number of carbonyl (C=O) groups is 1. The summed E-state index contributed by atoms with van der Waals surface area (Å²) in [5, 5.41) is 4.29. The molecule has 0 aliphatic rings. The molecule has 21 heavy (non-hydrogen) atoms. The minimum atomic E-state index is -0.253. The smallest absolute Gasteiger partial charge is 0.309 e. The zero-order valence-corrected chi connectivity index (χ0v) is 13.0. The van der Waals surface area contributed by atoms with Gasteiger partial charge in [-0.3, -0.25) is 4.79 Å². The van der Waals surface area contributed by atoms with Crippen LogP contribution in [0.15, 0.2) is 42.5 Å². The Hall–Kier alpha value is -1.71. The molecular formula is C16H15Cl2NO2. The van der Waals surface area contributed by atoms with E-state index in [2.05, 4.69) is 5.32 Å². The lowest BCUT2D eigenvalue weighted by atomic mass is 10.0. The topological polar surface area (TPSA) is 38.3 Å². The second kappa shape index (κ2) is 7.34. The summed E-state index contributed by atoms with van der Waals surface area (Å²) in [5.41, 5.74) is 2.85. The number of hydrogen-bond acceptors (Lipinski definition) is 3. The van der Waals surface area contributed by atoms with Gasteiger partial charge in [-0.2, -0.15) is 0 Å². The molecule has 110 valence electrons. The van der Waals surface area contributed by atoms with Gasteiger partial charge in [0.15, 0.2) is 0 Å². The van der Waals surface area contributed by atoms with E-state index in [0.29, 0.717) is 16.6 Å². The molecule has 0 aliphatic heterocycles. The lowest BCUT2D eigenvalue weighted by Gasteiger charge is -2.11. The van der Waals surface area contributed by atoms with Gasteiger partial charge in [0.2, 0.25) is 0 Å². The molecule has 0 aliphatic carbocycles. The van der Waals surface area contributed by atoms with Crippen molar-refractivity contribution in [2.75, 3.05) is 12.4 Å². The summed E-state index contributed by atoms with van der Waals surface area (Å²) >= 11 is 11.9. The Bertz CT molecular complexity index is 644. The quantitative estimate of drug-likeness (QED) is 0.833. The number of ether oxygens (including phenoxy) is 1. The second-order valence-corrected chi connectivity index (χ2v) is 5.32. The van der Waals surface area contributed by atoms with Crippen LogP contribution in [0.4, 0.5) is 5.69 Å². The number of halogens is 2. The fourth-order valence-corrected chi connectivity index (χ4v) is 2.23. The van der Waals surface area contributed by atoms with E-state index in [-0.39, 0.29) is 12.4 Å². The summed E-state index contributed by atoms with van der Waals surface area (Å²) in [6, 6.07) is 13.1. The average Bonchev–Trinajstić information content (AvgIpc) is 2.49. The highest BCUT2D eigenvalue weighted by molar-refractivity contribution is 6.42. The van der Waals surface area contributed by atoms with Gasteiger partial charge in [0, 0.05) is 12.2 Å². The maximum Gasteiger partial charge on any atom is 0.309 e. The van der Waals surface area contributed by atoms with Crippen LogP contribution in [0.25, 0.3) is 0 Å². The molecule has 1 N–H and O–H groups in total. The third-order valence-corrected chi connectivity index (χ3v) is 3.82. The number of anilines is 1. The van der Waals surface area contributed by atoms with Crippen molar-refractivity contribution in [2.24, 2.45) is 0 Å². The molecule has 0 bridgehead atoms. The Balaban J connectivity index is 2.09. The molecule has 2 rings (SSSR count). The van der Waals surface area contributed by atoms with Crippen molar-refractivity contribution < 1.29 is 9.53 Å². The zero-order valence-electron chi connectivity index (χ0n) is 11.5. The highest BCUT2D eigenvalue weighted by Gasteiger charge is 2.08. The molecule has 0 atom stereocenters. The summed E-state index contributed by atoms with van der Waals surface area (Å²) in [7, 11) is 1.39. The van der Waals surface area contributed by atoms with Crippen LogP contribution < -0.4 is 5.32 Å². The van der Waals surface area contributed by atoms with E-state index in [1.54, 1.807) is 12.1 Å². The van der Waals surface area contributed by atoms with Gasteiger partial charge in [-0.05, 0) is 29.3 Å². The van der Waals surface area contributed by atoms with Crippen LogP contribution in [0.2, 0.25) is 10.0 Å². The number of esters is 1. The fourth-order valence-electron chi connectivity index (χ4n) is 1.93. The summed E-state index contributed by atoms with van der Waals surface area (Å²) in [6.07, 6.45) is 0.260. The number of nitrogens with one attached hydrogen (secondary N) is 1. The number of benzene rings is 2. The normalized spacial score (nSPS) is 10.2. The predicted octanol–water partition coefficient (Wildman–Crippen LogP) is 4.32. The maximum atomic E-state index is 11.4. The molecule has 3 nitrogen and oxygen atoms in total. The van der Waals surface area contributed by atoms with Crippen molar-refractivity contribution in [3.8, 4) is 0 Å². The van der Waals surface area contributed by atoms with E-state index >= 15 is 0 Å². The third-order valence-electron chi connectivity index (χ3n) is 3.08. The van der Waals surface area contributed by atoms with Gasteiger partial charge in [0.1, 0.15) is 0 Å². The molecule has 2 aromatic rings. The number of methoxy groups -OCH3 is 1. The molecule has 0 spiro atoms. The van der Waals surface area contributed by atoms with Crippen LogP contribution in [0.3, 0.4) is 0 Å². The molecule has 0 aromatic heterocycles. The highest BCUT2D eigenvalue weighted by atomic mass is 35.5. The molecule has 0 heterocycles. The Morgan fingerprint density at radius 1 is 1.10 bits per heavy atom. The molecule has 5 heteroatoms. The van der Waals surface area contributed by atoms with E-state index < -0.39 is 0 Å². The molecule has 0 fully saturated rings. The van der Waals surface area contributed by atoms with Crippen LogP contribution in [0.1, 0.15) is 11.1 Å². The minimum Gasteiger partial charge on any atom is -0.469 e. The van der Waals surface area contributed by atoms with Crippen LogP contribution in [0.5, 0.6) is 0 Å². The number of carbonyl (C=O) groups excluding carboxylic acids is 1. The van der Waals surface area contributed by atoms with Gasteiger partial charge in [0.25, 0.3) is 0 Å². The van der Waals surface area contributed by atoms with Crippen molar-refractivity contribution in [3.63, 3.8) is 0 Å². The standard InChI is InChI=1S/C16H15Cl2NO2/c1-21-16(20)8-11-4-2-3-5-12(11)10-19-13-6-7-14(17)15(18)9-13/h2-7,9,19H,8,10H2,1H3. The summed E-state index contributed by atoms with van der Waals surface area (Å²) in [4.78, 5) is 11.4. The molecule has 0 radical (unpaired) electrons. The van der Waals surface area contributed by atoms with Crippen LogP contribution in [0, 0.1) is 0 Å². The summed E-state index contributed by atoms with van der Waals surface area (Å²) in [6.45, 7) is 0.588. The van der Waals surface area contributed by atoms with E-state index in [4.69, 9.17) is 27.9 Å². The molecular weight excluding hydrogens is 309 g/mol. The summed E-state index contributed by atoms with van der Waals surface area (Å²) in [5.74, 6) is -0.253. The Morgan fingerprint density at radius 2 is 1.81 bits per heavy atom. The van der Waals surface area contributed by atoms with Crippen LogP contribution in [-0.2, 0) is 22.5 Å². The van der Waals surface area contributed by atoms with Gasteiger partial charge >= 0.3 is 5.97 Å². The third kappa shape index (κ3) is 4.38. The van der Waals surface area contributed by atoms with E-state index in [1.165, 1.54) is 7.11 Å². The lowest BCUT2D eigenvalue weighted by molar-refractivity contribution is -0.139. The molecule has 2 aromatic carbocycles. The molecule has 0 saturated heterocycles. The SMILES string of the molecule is COC(=O)Cc1ccccc1CNc1ccc(Cl)c(Cl)c1. The second-order valence-electron chi connectivity index (χ2n) is 4.50. The van der Waals surface area contributed by atoms with E-state index in [1.807, 2.05) is 30.3 Å². The first-order chi connectivity index (χ1) is 10.1. The number of rotatable bonds is 5. The first kappa shape index (κ1) is 15.7. The van der Waals surface area contributed by atoms with Crippen molar-refractivity contribution in [1.29, 1.82) is 0 Å². The van der Waals surface area contributed by atoms with E-state index in [0.717, 1.165) is 16.8 Å². The first-order valence-electron chi connectivity index (χ1n) is 6.42. The maximum absolute atomic E-state index is 11.4. The van der Waals surface area contributed by atoms with Crippen LogP contribution >= 0.6 is 23.2 Å². The molecule has 0 saturated carbocycles. The Labute approximate surface area is 133 Å². The van der Waals surface area contributed by atoms with Crippen molar-refractivity contribution in [2.45, 2.75) is 13.0 Å². The van der Waals surface area contributed by atoms with Crippen molar-refractivity contribution in [1.82, 2.24) is 0 Å². The predicted molar refractivity (Wildman–Crippen MR) is 86.0 cm³/mol. The molecule has 0 unspecified atom stereocenters. The lowest BCUT2D eigenvalue weighted by Crippen LogP contribution is -2.09.